The molecule has 0 spiro atoms. The topological polar surface area (TPSA) is 34.2 Å². The molecule has 3 unspecified atom stereocenters. The van der Waals surface area contributed by atoms with Crippen molar-refractivity contribution in [3.8, 4) is 0 Å². The van der Waals surface area contributed by atoms with Crippen molar-refractivity contribution in [3.05, 3.63) is 29.8 Å². The molecule has 1 aromatic rings. The summed E-state index contributed by atoms with van der Waals surface area (Å²) in [7, 11) is 0. The van der Waals surface area contributed by atoms with Crippen LogP contribution in [-0.2, 0) is 4.74 Å². The average molecular weight is 238 g/mol. The van der Waals surface area contributed by atoms with Gasteiger partial charge in [0.2, 0.25) is 0 Å². The fourth-order valence-electron chi connectivity index (χ4n) is 2.54. The second-order valence-electron chi connectivity index (χ2n) is 4.46. The number of nitrogens with one attached hydrogen (secondary N) is 1. The molecule has 0 saturated carbocycles. The van der Waals surface area contributed by atoms with E-state index in [4.69, 9.17) is 4.74 Å². The van der Waals surface area contributed by atoms with Crippen LogP contribution in [0, 0.1) is 11.7 Å². The van der Waals surface area contributed by atoms with Crippen molar-refractivity contribution >= 4 is 0 Å². The fraction of sp³-hybridized carbons (Fsp3) is 0.615. The maximum atomic E-state index is 13.8. The van der Waals surface area contributed by atoms with E-state index in [9.17, 15) is 4.39 Å². The molecule has 3 atom stereocenters. The quantitative estimate of drug-likeness (QED) is 0.874. The average Bonchev–Trinajstić information content (AvgIpc) is 2.74. The molecule has 4 heteroatoms. The molecule has 0 aromatic carbocycles. The third-order valence-electron chi connectivity index (χ3n) is 3.43. The van der Waals surface area contributed by atoms with Gasteiger partial charge in [-0.05, 0) is 26.0 Å². The third-order valence-corrected chi connectivity index (χ3v) is 3.43. The van der Waals surface area contributed by atoms with Crippen LogP contribution in [0.3, 0.4) is 0 Å². The number of hydrogen-bond acceptors (Lipinski definition) is 3. The molecule has 0 amide bonds. The molecule has 1 N–H and O–H groups in total. The zero-order valence-corrected chi connectivity index (χ0v) is 10.3. The van der Waals surface area contributed by atoms with Gasteiger partial charge in [-0.1, -0.05) is 6.92 Å². The molecule has 94 valence electrons. The molecule has 1 aliphatic rings. The van der Waals surface area contributed by atoms with Gasteiger partial charge in [0, 0.05) is 30.3 Å². The Labute approximate surface area is 101 Å². The fourth-order valence-corrected chi connectivity index (χ4v) is 2.54. The normalized spacial score (nSPS) is 26.1. The van der Waals surface area contributed by atoms with Gasteiger partial charge in [-0.25, -0.2) is 4.39 Å². The SMILES string of the molecule is CCNC(c1ccncc1F)C1CCOC1C. The van der Waals surface area contributed by atoms with E-state index in [2.05, 4.69) is 17.2 Å². The first-order valence-electron chi connectivity index (χ1n) is 6.18. The minimum Gasteiger partial charge on any atom is -0.378 e. The van der Waals surface area contributed by atoms with Crippen LogP contribution < -0.4 is 5.32 Å². The number of ether oxygens (including phenoxy) is 1. The Morgan fingerprint density at radius 3 is 3.06 bits per heavy atom. The highest BCUT2D eigenvalue weighted by Gasteiger charge is 2.33. The van der Waals surface area contributed by atoms with Gasteiger partial charge >= 0.3 is 0 Å². The summed E-state index contributed by atoms with van der Waals surface area (Å²) in [5.74, 6) is 0.0874. The van der Waals surface area contributed by atoms with E-state index in [0.717, 1.165) is 19.6 Å². The van der Waals surface area contributed by atoms with Gasteiger partial charge in [-0.2, -0.15) is 0 Å². The number of hydrogen-bond donors (Lipinski definition) is 1. The predicted octanol–water partition coefficient (Wildman–Crippen LogP) is 2.30. The lowest BCUT2D eigenvalue weighted by Crippen LogP contribution is -2.32. The number of aromatic nitrogens is 1. The summed E-state index contributed by atoms with van der Waals surface area (Å²) in [6.07, 6.45) is 4.07. The second kappa shape index (κ2) is 5.56. The van der Waals surface area contributed by atoms with Gasteiger partial charge in [0.25, 0.3) is 0 Å². The summed E-state index contributed by atoms with van der Waals surface area (Å²) < 4.78 is 19.4. The minimum absolute atomic E-state index is 0.0144. The van der Waals surface area contributed by atoms with E-state index >= 15 is 0 Å². The van der Waals surface area contributed by atoms with Gasteiger partial charge in [-0.15, -0.1) is 0 Å². The van der Waals surface area contributed by atoms with Gasteiger partial charge in [0.05, 0.1) is 12.3 Å². The first-order valence-corrected chi connectivity index (χ1v) is 6.18. The van der Waals surface area contributed by atoms with E-state index < -0.39 is 0 Å². The Bertz CT molecular complexity index is 372. The molecule has 1 aliphatic heterocycles. The lowest BCUT2D eigenvalue weighted by molar-refractivity contribution is 0.0951. The van der Waals surface area contributed by atoms with Gasteiger partial charge in [0.15, 0.2) is 0 Å². The molecule has 0 aliphatic carbocycles. The largest absolute Gasteiger partial charge is 0.378 e. The highest BCUT2D eigenvalue weighted by Crippen LogP contribution is 2.33. The van der Waals surface area contributed by atoms with Gasteiger partial charge < -0.3 is 10.1 Å². The number of nitrogens with zero attached hydrogens (tertiary/aromatic N) is 1. The van der Waals surface area contributed by atoms with Crippen molar-refractivity contribution in [1.29, 1.82) is 0 Å². The van der Waals surface area contributed by atoms with E-state index in [1.807, 2.05) is 6.92 Å². The Morgan fingerprint density at radius 1 is 1.65 bits per heavy atom. The molecule has 0 bridgehead atoms. The van der Waals surface area contributed by atoms with Crippen LogP contribution in [0.4, 0.5) is 4.39 Å². The molecular formula is C13H19FN2O. The Balaban J connectivity index is 2.25. The first kappa shape index (κ1) is 12.5. The summed E-state index contributed by atoms with van der Waals surface area (Å²) in [6, 6.07) is 1.77. The van der Waals surface area contributed by atoms with Crippen LogP contribution >= 0.6 is 0 Å². The monoisotopic (exact) mass is 238 g/mol. The first-order chi connectivity index (χ1) is 8.24. The van der Waals surface area contributed by atoms with Gasteiger partial charge in [0.1, 0.15) is 5.82 Å². The molecular weight excluding hydrogens is 219 g/mol. The summed E-state index contributed by atoms with van der Waals surface area (Å²) in [5.41, 5.74) is 0.698. The number of pyridine rings is 1. The van der Waals surface area contributed by atoms with Crippen molar-refractivity contribution in [2.24, 2.45) is 5.92 Å². The highest BCUT2D eigenvalue weighted by atomic mass is 19.1. The Hall–Kier alpha value is -1.00. The maximum Gasteiger partial charge on any atom is 0.146 e. The van der Waals surface area contributed by atoms with Crippen molar-refractivity contribution in [3.63, 3.8) is 0 Å². The van der Waals surface area contributed by atoms with Crippen LogP contribution in [0.2, 0.25) is 0 Å². The summed E-state index contributed by atoms with van der Waals surface area (Å²) in [5, 5.41) is 3.36. The Morgan fingerprint density at radius 2 is 2.47 bits per heavy atom. The zero-order valence-electron chi connectivity index (χ0n) is 10.3. The molecule has 1 aromatic heterocycles. The van der Waals surface area contributed by atoms with Crippen LogP contribution in [0.1, 0.15) is 31.9 Å². The molecule has 2 rings (SSSR count). The third kappa shape index (κ3) is 2.64. The van der Waals surface area contributed by atoms with E-state index in [0.29, 0.717) is 11.5 Å². The van der Waals surface area contributed by atoms with E-state index in [1.165, 1.54) is 6.20 Å². The smallest absolute Gasteiger partial charge is 0.146 e. The van der Waals surface area contributed by atoms with Crippen LogP contribution in [-0.4, -0.2) is 24.2 Å². The molecule has 0 radical (unpaired) electrons. The predicted molar refractivity (Wildman–Crippen MR) is 64.1 cm³/mol. The van der Waals surface area contributed by atoms with Crippen LogP contribution in [0.15, 0.2) is 18.5 Å². The number of rotatable bonds is 4. The summed E-state index contributed by atoms with van der Waals surface area (Å²) in [4.78, 5) is 3.80. The summed E-state index contributed by atoms with van der Waals surface area (Å²) >= 11 is 0. The number of halogens is 1. The van der Waals surface area contributed by atoms with Crippen LogP contribution in [0.25, 0.3) is 0 Å². The second-order valence-corrected chi connectivity index (χ2v) is 4.46. The van der Waals surface area contributed by atoms with Gasteiger partial charge in [-0.3, -0.25) is 4.98 Å². The molecule has 1 saturated heterocycles. The van der Waals surface area contributed by atoms with E-state index in [-0.39, 0.29) is 18.0 Å². The van der Waals surface area contributed by atoms with Crippen LogP contribution in [0.5, 0.6) is 0 Å². The standard InChI is InChI=1S/C13H19FN2O/c1-3-16-13(10-5-7-17-9(10)2)11-4-6-15-8-12(11)14/h4,6,8-10,13,16H,3,5,7H2,1-2H3. The molecule has 17 heavy (non-hydrogen) atoms. The lowest BCUT2D eigenvalue weighted by Gasteiger charge is -2.27. The van der Waals surface area contributed by atoms with E-state index in [1.54, 1.807) is 12.3 Å². The lowest BCUT2D eigenvalue weighted by atomic mass is 9.88. The van der Waals surface area contributed by atoms with Crippen molar-refractivity contribution in [2.75, 3.05) is 13.2 Å². The van der Waals surface area contributed by atoms with Crippen molar-refractivity contribution < 1.29 is 9.13 Å². The van der Waals surface area contributed by atoms with Crippen molar-refractivity contribution in [2.45, 2.75) is 32.4 Å². The maximum absolute atomic E-state index is 13.8. The molecule has 1 fully saturated rings. The molecule has 2 heterocycles. The Kier molecular flexibility index (Phi) is 4.07. The molecule has 3 nitrogen and oxygen atoms in total. The highest BCUT2D eigenvalue weighted by molar-refractivity contribution is 5.19. The summed E-state index contributed by atoms with van der Waals surface area (Å²) in [6.45, 7) is 5.67. The minimum atomic E-state index is -0.238. The zero-order chi connectivity index (χ0) is 12.3. The van der Waals surface area contributed by atoms with Crippen molar-refractivity contribution in [1.82, 2.24) is 10.3 Å².